The second-order valence-electron chi connectivity index (χ2n) is 5.21. The molecule has 1 amide bonds. The van der Waals surface area contributed by atoms with Crippen molar-refractivity contribution in [1.82, 2.24) is 5.43 Å². The van der Waals surface area contributed by atoms with E-state index in [2.05, 4.69) is 17.5 Å². The molecule has 2 rings (SSSR count). The highest BCUT2D eigenvalue weighted by molar-refractivity contribution is 5.95. The van der Waals surface area contributed by atoms with Gasteiger partial charge < -0.3 is 9.15 Å². The highest BCUT2D eigenvalue weighted by Gasteiger charge is 2.09. The van der Waals surface area contributed by atoms with E-state index in [1.165, 1.54) is 19.1 Å². The largest absolute Gasteiger partial charge is 0.494 e. The molecule has 1 N–H and O–H groups in total. The molecule has 2 aromatic rings. The van der Waals surface area contributed by atoms with Crippen LogP contribution in [0.15, 0.2) is 46.1 Å². The zero-order chi connectivity index (χ0) is 16.5. The van der Waals surface area contributed by atoms with Crippen molar-refractivity contribution in [3.63, 3.8) is 0 Å². The molecule has 0 atom stereocenters. The lowest BCUT2D eigenvalue weighted by molar-refractivity contribution is 0.0953. The van der Waals surface area contributed by atoms with Gasteiger partial charge in [0.2, 0.25) is 0 Å². The van der Waals surface area contributed by atoms with Gasteiger partial charge in [0.25, 0.3) is 5.91 Å². The van der Waals surface area contributed by atoms with E-state index in [0.717, 1.165) is 24.3 Å². The Morgan fingerprint density at radius 2 is 2.04 bits per heavy atom. The molecule has 0 aliphatic rings. The fourth-order valence-electron chi connectivity index (χ4n) is 2.04. The Morgan fingerprint density at radius 3 is 2.70 bits per heavy atom. The molecule has 5 nitrogen and oxygen atoms in total. The summed E-state index contributed by atoms with van der Waals surface area (Å²) in [5.41, 5.74) is 3.85. The number of ether oxygens (including phenoxy) is 1. The number of aryl methyl sites for hydroxylation is 1. The molecule has 23 heavy (non-hydrogen) atoms. The molecule has 0 fully saturated rings. The Kier molecular flexibility index (Phi) is 6.41. The van der Waals surface area contributed by atoms with E-state index < -0.39 is 0 Å². The van der Waals surface area contributed by atoms with E-state index >= 15 is 0 Å². The van der Waals surface area contributed by atoms with Crippen molar-refractivity contribution in [2.75, 3.05) is 6.61 Å². The van der Waals surface area contributed by atoms with Gasteiger partial charge >= 0.3 is 0 Å². The molecular formula is C18H22N2O3. The number of furan rings is 1. The molecule has 0 saturated carbocycles. The molecule has 0 aliphatic carbocycles. The van der Waals surface area contributed by atoms with E-state index in [1.807, 2.05) is 24.3 Å². The number of hydrazone groups is 1. The molecule has 0 unspecified atom stereocenters. The Labute approximate surface area is 136 Å². The van der Waals surface area contributed by atoms with Crippen molar-refractivity contribution < 1.29 is 13.9 Å². The minimum atomic E-state index is -0.289. The average molecular weight is 314 g/mol. The monoisotopic (exact) mass is 314 g/mol. The number of amides is 1. The number of rotatable bonds is 8. The first-order valence-corrected chi connectivity index (χ1v) is 7.81. The fraction of sp³-hybridized carbons (Fsp3) is 0.333. The molecule has 0 aliphatic heterocycles. The Hall–Kier alpha value is -2.56. The average Bonchev–Trinajstić information content (AvgIpc) is 2.99. The molecule has 122 valence electrons. The van der Waals surface area contributed by atoms with Crippen molar-refractivity contribution in [3.05, 3.63) is 53.5 Å². The van der Waals surface area contributed by atoms with Gasteiger partial charge in [-0.1, -0.05) is 19.8 Å². The van der Waals surface area contributed by atoms with Crippen LogP contribution >= 0.6 is 0 Å². The predicted molar refractivity (Wildman–Crippen MR) is 90.0 cm³/mol. The van der Waals surface area contributed by atoms with E-state index in [4.69, 9.17) is 9.15 Å². The van der Waals surface area contributed by atoms with E-state index in [0.29, 0.717) is 11.3 Å². The topological polar surface area (TPSA) is 63.8 Å². The molecule has 0 saturated heterocycles. The summed E-state index contributed by atoms with van der Waals surface area (Å²) in [5.74, 6) is 1.13. The number of hydrogen-bond acceptors (Lipinski definition) is 4. The maximum absolute atomic E-state index is 11.8. The fourth-order valence-corrected chi connectivity index (χ4v) is 2.04. The van der Waals surface area contributed by atoms with Crippen LogP contribution in [0.3, 0.4) is 0 Å². The number of nitrogens with zero attached hydrogens (tertiary/aromatic N) is 1. The first kappa shape index (κ1) is 16.8. The molecule has 1 aromatic heterocycles. The number of carbonyl (C=O) groups is 1. The lowest BCUT2D eigenvalue weighted by atomic mass is 10.2. The van der Waals surface area contributed by atoms with Gasteiger partial charge in [0.1, 0.15) is 11.5 Å². The Balaban J connectivity index is 1.81. The quantitative estimate of drug-likeness (QED) is 0.456. The summed E-state index contributed by atoms with van der Waals surface area (Å²) in [6.45, 7) is 4.64. The zero-order valence-corrected chi connectivity index (χ0v) is 13.5. The summed E-state index contributed by atoms with van der Waals surface area (Å²) in [4.78, 5) is 11.8. The molecule has 0 spiro atoms. The van der Waals surface area contributed by atoms with Crippen LogP contribution in [0.25, 0.3) is 0 Å². The number of nitrogens with one attached hydrogen (secondary N) is 1. The molecule has 0 radical (unpaired) electrons. The Bertz CT molecular complexity index is 645. The third kappa shape index (κ3) is 5.29. The van der Waals surface area contributed by atoms with Crippen LogP contribution in [0.2, 0.25) is 0 Å². The summed E-state index contributed by atoms with van der Waals surface area (Å²) < 4.78 is 10.7. The van der Waals surface area contributed by atoms with Crippen molar-refractivity contribution in [2.45, 2.75) is 33.1 Å². The molecule has 0 bridgehead atoms. The molecule has 1 heterocycles. The van der Waals surface area contributed by atoms with Crippen LogP contribution in [0, 0.1) is 6.92 Å². The first-order valence-electron chi connectivity index (χ1n) is 7.81. The van der Waals surface area contributed by atoms with Crippen molar-refractivity contribution >= 4 is 12.1 Å². The van der Waals surface area contributed by atoms with Gasteiger partial charge in [0.15, 0.2) is 0 Å². The molecule has 1 aromatic carbocycles. The minimum absolute atomic E-state index is 0.289. The number of benzene rings is 1. The molecular weight excluding hydrogens is 292 g/mol. The van der Waals surface area contributed by atoms with Gasteiger partial charge in [-0.2, -0.15) is 5.10 Å². The highest BCUT2D eigenvalue weighted by Crippen LogP contribution is 2.12. The van der Waals surface area contributed by atoms with Gasteiger partial charge in [-0.05, 0) is 49.2 Å². The predicted octanol–water partition coefficient (Wildman–Crippen LogP) is 3.92. The van der Waals surface area contributed by atoms with Crippen LogP contribution in [0.4, 0.5) is 0 Å². The first-order chi connectivity index (χ1) is 11.2. The van der Waals surface area contributed by atoms with E-state index in [-0.39, 0.29) is 5.91 Å². The highest BCUT2D eigenvalue weighted by atomic mass is 16.5. The SMILES string of the molecule is CCCCCOc1ccc(/C=N\NC(=O)c2ccoc2C)cc1. The Morgan fingerprint density at radius 1 is 1.26 bits per heavy atom. The third-order valence-corrected chi connectivity index (χ3v) is 3.38. The normalized spacial score (nSPS) is 10.9. The standard InChI is InChI=1S/C18H22N2O3/c1-3-4-5-11-23-16-8-6-15(7-9-16)13-19-20-18(21)17-10-12-22-14(17)2/h6-10,12-13H,3-5,11H2,1-2H3,(H,20,21)/b19-13-. The smallest absolute Gasteiger partial charge is 0.274 e. The van der Waals surface area contributed by atoms with Gasteiger partial charge in [0.05, 0.1) is 24.6 Å². The van der Waals surface area contributed by atoms with Crippen molar-refractivity contribution in [3.8, 4) is 5.75 Å². The third-order valence-electron chi connectivity index (χ3n) is 3.38. The summed E-state index contributed by atoms with van der Waals surface area (Å²) in [6.07, 6.45) is 6.50. The van der Waals surface area contributed by atoms with Crippen molar-refractivity contribution in [2.24, 2.45) is 5.10 Å². The second kappa shape index (κ2) is 8.78. The molecule has 5 heteroatoms. The van der Waals surface area contributed by atoms with Gasteiger partial charge in [-0.15, -0.1) is 0 Å². The van der Waals surface area contributed by atoms with Crippen LogP contribution in [0.1, 0.15) is 47.9 Å². The number of unbranched alkanes of at least 4 members (excludes halogenated alkanes) is 2. The van der Waals surface area contributed by atoms with Crippen molar-refractivity contribution in [1.29, 1.82) is 0 Å². The van der Waals surface area contributed by atoms with Gasteiger partial charge in [-0.25, -0.2) is 5.43 Å². The maximum Gasteiger partial charge on any atom is 0.274 e. The van der Waals surface area contributed by atoms with Gasteiger partial charge in [-0.3, -0.25) is 4.79 Å². The van der Waals surface area contributed by atoms with Crippen LogP contribution in [0.5, 0.6) is 5.75 Å². The van der Waals surface area contributed by atoms with E-state index in [9.17, 15) is 4.79 Å². The summed E-state index contributed by atoms with van der Waals surface area (Å²) in [7, 11) is 0. The number of carbonyl (C=O) groups excluding carboxylic acids is 1. The second-order valence-corrected chi connectivity index (χ2v) is 5.21. The van der Waals surface area contributed by atoms with E-state index in [1.54, 1.807) is 19.2 Å². The summed E-state index contributed by atoms with van der Waals surface area (Å²) in [5, 5.41) is 3.95. The van der Waals surface area contributed by atoms with Crippen LogP contribution in [-0.2, 0) is 0 Å². The van der Waals surface area contributed by atoms with Crippen LogP contribution < -0.4 is 10.2 Å². The zero-order valence-electron chi connectivity index (χ0n) is 13.5. The van der Waals surface area contributed by atoms with Crippen LogP contribution in [-0.4, -0.2) is 18.7 Å². The maximum atomic E-state index is 11.8. The van der Waals surface area contributed by atoms with Gasteiger partial charge in [0, 0.05) is 0 Å². The summed E-state index contributed by atoms with van der Waals surface area (Å²) >= 11 is 0. The lowest BCUT2D eigenvalue weighted by Gasteiger charge is -2.05. The number of hydrogen-bond donors (Lipinski definition) is 1. The summed E-state index contributed by atoms with van der Waals surface area (Å²) in [6, 6.07) is 9.21. The lowest BCUT2D eigenvalue weighted by Crippen LogP contribution is -2.17. The minimum Gasteiger partial charge on any atom is -0.494 e.